The van der Waals surface area contributed by atoms with E-state index in [2.05, 4.69) is 11.1 Å². The van der Waals surface area contributed by atoms with Crippen LogP contribution in [0.25, 0.3) is 11.0 Å². The Morgan fingerprint density at radius 1 is 1.42 bits per heavy atom. The lowest BCUT2D eigenvalue weighted by molar-refractivity contribution is 0.0289. The van der Waals surface area contributed by atoms with Gasteiger partial charge in [0, 0.05) is 13.1 Å². The van der Waals surface area contributed by atoms with E-state index in [1.54, 1.807) is 27.7 Å². The van der Waals surface area contributed by atoms with Crippen LogP contribution in [-0.2, 0) is 4.74 Å². The number of nitrogens with one attached hydrogen (secondary N) is 1. The van der Waals surface area contributed by atoms with E-state index >= 15 is 0 Å². The van der Waals surface area contributed by atoms with Crippen molar-refractivity contribution in [2.75, 3.05) is 13.1 Å². The third kappa shape index (κ3) is 3.00. The number of hydrogen-bond donors (Lipinski definition) is 1. The molecule has 1 N–H and O–H groups in total. The number of benzene rings is 1. The number of rotatable bonds is 1. The van der Waals surface area contributed by atoms with Crippen molar-refractivity contribution in [1.29, 1.82) is 5.26 Å². The Labute approximate surface area is 139 Å². The maximum absolute atomic E-state index is 12.3. The zero-order chi connectivity index (χ0) is 17.5. The predicted molar refractivity (Wildman–Crippen MR) is 88.7 cm³/mol. The van der Waals surface area contributed by atoms with Crippen molar-refractivity contribution in [3.05, 3.63) is 34.2 Å². The number of amides is 1. The Bertz CT molecular complexity index is 882. The monoisotopic (exact) mass is 328 g/mol. The van der Waals surface area contributed by atoms with Gasteiger partial charge >= 0.3 is 11.8 Å². The summed E-state index contributed by atoms with van der Waals surface area (Å²) >= 11 is 0. The van der Waals surface area contributed by atoms with Crippen LogP contribution in [0.15, 0.2) is 23.0 Å². The topological polar surface area (TPSA) is 91.1 Å². The van der Waals surface area contributed by atoms with Crippen LogP contribution in [0.4, 0.5) is 4.79 Å². The summed E-state index contributed by atoms with van der Waals surface area (Å²) in [7, 11) is 0. The van der Waals surface area contributed by atoms with Crippen molar-refractivity contribution in [2.24, 2.45) is 0 Å². The Morgan fingerprint density at radius 2 is 2.17 bits per heavy atom. The number of nitrogens with zero attached hydrogens (tertiary/aromatic N) is 3. The van der Waals surface area contributed by atoms with Crippen LogP contribution in [0, 0.1) is 11.3 Å². The van der Waals surface area contributed by atoms with Gasteiger partial charge in [-0.05, 0) is 45.4 Å². The molecule has 1 aromatic heterocycles. The predicted octanol–water partition coefficient (Wildman–Crippen LogP) is 2.38. The molecule has 126 valence electrons. The summed E-state index contributed by atoms with van der Waals surface area (Å²) in [6.45, 7) is 6.47. The van der Waals surface area contributed by atoms with Crippen molar-refractivity contribution in [3.8, 4) is 6.07 Å². The van der Waals surface area contributed by atoms with Gasteiger partial charge in [-0.1, -0.05) is 0 Å². The quantitative estimate of drug-likeness (QED) is 0.870. The summed E-state index contributed by atoms with van der Waals surface area (Å²) in [4.78, 5) is 28.9. The van der Waals surface area contributed by atoms with Gasteiger partial charge in [-0.2, -0.15) is 5.26 Å². The molecule has 2 aromatic rings. The summed E-state index contributed by atoms with van der Waals surface area (Å²) in [5.41, 5.74) is 1.11. The highest BCUT2D eigenvalue weighted by molar-refractivity contribution is 5.77. The number of carbonyl (C=O) groups excluding carboxylic acids is 1. The van der Waals surface area contributed by atoms with Crippen molar-refractivity contribution in [1.82, 2.24) is 14.5 Å². The van der Waals surface area contributed by atoms with Gasteiger partial charge in [0.05, 0.1) is 28.7 Å². The first-order valence-corrected chi connectivity index (χ1v) is 7.91. The minimum atomic E-state index is -0.541. The number of aromatic nitrogens is 2. The van der Waals surface area contributed by atoms with Crippen LogP contribution < -0.4 is 5.69 Å². The molecular formula is C17H20N4O3. The number of likely N-dealkylation sites (tertiary alicyclic amines) is 1. The maximum Gasteiger partial charge on any atom is 0.410 e. The second-order valence-electron chi connectivity index (χ2n) is 7.01. The lowest BCUT2D eigenvalue weighted by atomic mass is 10.2. The average molecular weight is 328 g/mol. The number of H-pyrrole nitrogens is 1. The van der Waals surface area contributed by atoms with Gasteiger partial charge < -0.3 is 14.6 Å². The highest BCUT2D eigenvalue weighted by Gasteiger charge is 2.32. The standard InChI is InChI=1S/C17H20N4O3/c1-17(2,3)24-16(23)20-7-6-12(10-20)21-14-5-4-11(9-18)8-13(14)19-15(21)22/h4-5,8,12H,6-7,10H2,1-3H3,(H,19,22)/t12-/m1/s1. The molecule has 0 radical (unpaired) electrons. The Balaban J connectivity index is 1.85. The van der Waals surface area contributed by atoms with Gasteiger partial charge in [0.2, 0.25) is 0 Å². The van der Waals surface area contributed by atoms with Gasteiger partial charge in [-0.25, -0.2) is 9.59 Å². The molecule has 0 spiro atoms. The largest absolute Gasteiger partial charge is 0.444 e. The van der Waals surface area contributed by atoms with Crippen LogP contribution in [0.2, 0.25) is 0 Å². The van der Waals surface area contributed by atoms with Crippen molar-refractivity contribution in [2.45, 2.75) is 38.8 Å². The van der Waals surface area contributed by atoms with E-state index in [1.165, 1.54) is 0 Å². The third-order valence-corrected chi connectivity index (χ3v) is 4.03. The lowest BCUT2D eigenvalue weighted by Crippen LogP contribution is -2.36. The molecule has 3 rings (SSSR count). The number of nitriles is 1. The Hall–Kier alpha value is -2.75. The van der Waals surface area contributed by atoms with E-state index in [0.717, 1.165) is 5.52 Å². The first-order chi connectivity index (χ1) is 11.3. The number of ether oxygens (including phenoxy) is 1. The third-order valence-electron chi connectivity index (χ3n) is 4.03. The molecule has 0 bridgehead atoms. The van der Waals surface area contributed by atoms with E-state index in [0.29, 0.717) is 30.6 Å². The van der Waals surface area contributed by atoms with Crippen molar-refractivity contribution < 1.29 is 9.53 Å². The molecule has 1 aromatic carbocycles. The highest BCUT2D eigenvalue weighted by atomic mass is 16.6. The first kappa shape index (κ1) is 16.1. The molecule has 24 heavy (non-hydrogen) atoms. The lowest BCUT2D eigenvalue weighted by Gasteiger charge is -2.24. The highest BCUT2D eigenvalue weighted by Crippen LogP contribution is 2.25. The van der Waals surface area contributed by atoms with Gasteiger partial charge in [0.25, 0.3) is 0 Å². The maximum atomic E-state index is 12.3. The number of aromatic amines is 1. The van der Waals surface area contributed by atoms with E-state index in [4.69, 9.17) is 10.00 Å². The van der Waals surface area contributed by atoms with E-state index in [1.807, 2.05) is 20.8 Å². The number of imidazole rings is 1. The fourth-order valence-corrected chi connectivity index (χ4v) is 3.01. The first-order valence-electron chi connectivity index (χ1n) is 7.91. The van der Waals surface area contributed by atoms with Crippen LogP contribution in [-0.4, -0.2) is 39.2 Å². The zero-order valence-electron chi connectivity index (χ0n) is 14.0. The molecule has 7 nitrogen and oxygen atoms in total. The van der Waals surface area contributed by atoms with Crippen LogP contribution >= 0.6 is 0 Å². The fourth-order valence-electron chi connectivity index (χ4n) is 3.01. The van der Waals surface area contributed by atoms with Crippen LogP contribution in [0.3, 0.4) is 0 Å². The minimum Gasteiger partial charge on any atom is -0.444 e. The molecule has 2 heterocycles. The SMILES string of the molecule is CC(C)(C)OC(=O)N1CC[C@@H](n2c(=O)[nH]c3cc(C#N)ccc32)C1. The molecule has 1 saturated heterocycles. The summed E-state index contributed by atoms with van der Waals surface area (Å²) in [6.07, 6.45) is 0.330. The summed E-state index contributed by atoms with van der Waals surface area (Å²) < 4.78 is 7.06. The Morgan fingerprint density at radius 3 is 2.83 bits per heavy atom. The molecule has 1 aliphatic heterocycles. The molecule has 0 aliphatic carbocycles. The molecule has 0 unspecified atom stereocenters. The normalized spacial score (nSPS) is 17.9. The number of carbonyl (C=O) groups is 1. The van der Waals surface area contributed by atoms with Crippen molar-refractivity contribution >= 4 is 17.1 Å². The van der Waals surface area contributed by atoms with E-state index in [-0.39, 0.29) is 17.8 Å². The van der Waals surface area contributed by atoms with Gasteiger partial charge in [-0.3, -0.25) is 4.57 Å². The second-order valence-corrected chi connectivity index (χ2v) is 7.01. The molecular weight excluding hydrogens is 308 g/mol. The zero-order valence-corrected chi connectivity index (χ0v) is 14.0. The number of fused-ring (bicyclic) bond motifs is 1. The summed E-state index contributed by atoms with van der Waals surface area (Å²) in [5.74, 6) is 0. The molecule has 1 aliphatic rings. The summed E-state index contributed by atoms with van der Waals surface area (Å²) in [5, 5.41) is 8.97. The van der Waals surface area contributed by atoms with Crippen LogP contribution in [0.5, 0.6) is 0 Å². The second kappa shape index (κ2) is 5.71. The van der Waals surface area contributed by atoms with Gasteiger partial charge in [-0.15, -0.1) is 0 Å². The number of hydrogen-bond acceptors (Lipinski definition) is 4. The van der Waals surface area contributed by atoms with E-state index in [9.17, 15) is 9.59 Å². The van der Waals surface area contributed by atoms with Gasteiger partial charge in [0.15, 0.2) is 0 Å². The smallest absolute Gasteiger partial charge is 0.410 e. The molecule has 1 atom stereocenters. The van der Waals surface area contributed by atoms with Gasteiger partial charge in [0.1, 0.15) is 5.60 Å². The molecule has 1 amide bonds. The van der Waals surface area contributed by atoms with Crippen LogP contribution in [0.1, 0.15) is 38.8 Å². The van der Waals surface area contributed by atoms with Crippen molar-refractivity contribution in [3.63, 3.8) is 0 Å². The molecule has 1 fully saturated rings. The van der Waals surface area contributed by atoms with E-state index < -0.39 is 5.60 Å². The fraction of sp³-hybridized carbons (Fsp3) is 0.471. The summed E-state index contributed by atoms with van der Waals surface area (Å²) in [6, 6.07) is 7.07. The Kier molecular flexibility index (Phi) is 3.84. The molecule has 0 saturated carbocycles. The molecule has 7 heteroatoms. The average Bonchev–Trinajstić information content (AvgIpc) is 3.07. The minimum absolute atomic E-state index is 0.105.